The molecule has 0 saturated heterocycles. The van der Waals surface area contributed by atoms with Crippen molar-refractivity contribution in [3.63, 3.8) is 0 Å². The molecule has 0 spiro atoms. The molecule has 0 atom stereocenters. The van der Waals surface area contributed by atoms with E-state index in [0.29, 0.717) is 13.1 Å². The average Bonchev–Trinajstić information content (AvgIpc) is 2.33. The van der Waals surface area contributed by atoms with E-state index in [2.05, 4.69) is 15.6 Å². The maximum atomic E-state index is 12.5. The molecule has 0 aliphatic carbocycles. The van der Waals surface area contributed by atoms with E-state index < -0.39 is 17.8 Å². The number of halogens is 3. The van der Waals surface area contributed by atoms with Crippen LogP contribution >= 0.6 is 0 Å². The van der Waals surface area contributed by atoms with Gasteiger partial charge in [0.25, 0.3) is 5.91 Å². The Hall–Kier alpha value is -1.83. The molecule has 1 heterocycles. The lowest BCUT2D eigenvalue weighted by Gasteiger charge is -2.12. The minimum absolute atomic E-state index is 0.0653. The van der Waals surface area contributed by atoms with Crippen molar-refractivity contribution in [1.29, 1.82) is 0 Å². The number of carbonyl (C=O) groups is 1. The first kappa shape index (κ1) is 15.2. The first-order valence-electron chi connectivity index (χ1n) is 5.69. The molecule has 1 rings (SSSR count). The Morgan fingerprint density at radius 3 is 2.58 bits per heavy atom. The molecule has 1 aromatic rings. The van der Waals surface area contributed by atoms with E-state index >= 15 is 0 Å². The van der Waals surface area contributed by atoms with Crippen molar-refractivity contribution in [3.05, 3.63) is 23.4 Å². The van der Waals surface area contributed by atoms with Gasteiger partial charge in [-0.15, -0.1) is 0 Å². The molecule has 106 valence electrons. The van der Waals surface area contributed by atoms with Crippen LogP contribution in [0.3, 0.4) is 0 Å². The van der Waals surface area contributed by atoms with E-state index in [-0.39, 0.29) is 11.4 Å². The number of aromatic nitrogens is 1. The van der Waals surface area contributed by atoms with E-state index in [1.54, 1.807) is 0 Å². The fraction of sp³-hybridized carbons (Fsp3) is 0.455. The normalized spacial score (nSPS) is 11.4. The van der Waals surface area contributed by atoms with Gasteiger partial charge in [-0.05, 0) is 18.7 Å². The molecule has 5 nitrogen and oxygen atoms in total. The summed E-state index contributed by atoms with van der Waals surface area (Å²) in [6, 6.07) is 1.75. The second kappa shape index (κ2) is 6.37. The topological polar surface area (TPSA) is 80.0 Å². The molecule has 0 aliphatic heterocycles. The first-order valence-corrected chi connectivity index (χ1v) is 5.69. The number of amides is 1. The molecule has 8 heteroatoms. The van der Waals surface area contributed by atoms with Crippen molar-refractivity contribution in [2.24, 2.45) is 5.73 Å². The Labute approximate surface area is 108 Å². The predicted molar refractivity (Wildman–Crippen MR) is 64.8 cm³/mol. The van der Waals surface area contributed by atoms with Crippen molar-refractivity contribution in [3.8, 4) is 0 Å². The van der Waals surface area contributed by atoms with Gasteiger partial charge in [0.2, 0.25) is 0 Å². The molecule has 0 bridgehead atoms. The summed E-state index contributed by atoms with van der Waals surface area (Å²) in [6.45, 7) is 3.51. The van der Waals surface area contributed by atoms with Crippen molar-refractivity contribution >= 4 is 11.7 Å². The number of nitrogens with two attached hydrogens (primary N) is 1. The number of primary amides is 1. The summed E-state index contributed by atoms with van der Waals surface area (Å²) in [5, 5.41) is 5.65. The zero-order valence-electron chi connectivity index (χ0n) is 10.3. The standard InChI is InChI=1S/C11H15F3N4O/c1-2-16-5-6-17-10-7(9(15)19)3-4-8(18-10)11(12,13)14/h3-4,16H,2,5-6H2,1H3,(H2,15,19)(H,17,18). The predicted octanol–water partition coefficient (Wildman–Crippen LogP) is 1.22. The van der Waals surface area contributed by atoms with E-state index in [0.717, 1.165) is 18.7 Å². The van der Waals surface area contributed by atoms with Crippen LogP contribution in [-0.2, 0) is 6.18 Å². The number of anilines is 1. The molecular weight excluding hydrogens is 261 g/mol. The lowest BCUT2D eigenvalue weighted by atomic mass is 10.2. The molecule has 0 unspecified atom stereocenters. The largest absolute Gasteiger partial charge is 0.433 e. The fourth-order valence-corrected chi connectivity index (χ4v) is 1.40. The number of nitrogens with zero attached hydrogens (tertiary/aromatic N) is 1. The molecule has 0 radical (unpaired) electrons. The van der Waals surface area contributed by atoms with Crippen LogP contribution in [0.4, 0.5) is 19.0 Å². The number of hydrogen-bond donors (Lipinski definition) is 3. The van der Waals surface area contributed by atoms with Crippen molar-refractivity contribution in [1.82, 2.24) is 10.3 Å². The fourth-order valence-electron chi connectivity index (χ4n) is 1.40. The number of carbonyl (C=O) groups excluding carboxylic acids is 1. The summed E-state index contributed by atoms with van der Waals surface area (Å²) in [4.78, 5) is 14.5. The first-order chi connectivity index (χ1) is 8.86. The molecule has 4 N–H and O–H groups in total. The number of hydrogen-bond acceptors (Lipinski definition) is 4. The summed E-state index contributed by atoms with van der Waals surface area (Å²) >= 11 is 0. The quantitative estimate of drug-likeness (QED) is 0.682. The third-order valence-corrected chi connectivity index (χ3v) is 2.30. The Morgan fingerprint density at radius 2 is 2.05 bits per heavy atom. The Morgan fingerprint density at radius 1 is 1.37 bits per heavy atom. The molecule has 0 fully saturated rings. The second-order valence-corrected chi connectivity index (χ2v) is 3.73. The highest BCUT2D eigenvalue weighted by molar-refractivity contribution is 5.97. The van der Waals surface area contributed by atoms with Gasteiger partial charge in [0.05, 0.1) is 5.56 Å². The Bertz CT molecular complexity index is 448. The highest BCUT2D eigenvalue weighted by Gasteiger charge is 2.33. The molecule has 1 aromatic heterocycles. The molecule has 1 amide bonds. The van der Waals surface area contributed by atoms with Gasteiger partial charge in [-0.3, -0.25) is 4.79 Å². The molecule has 0 aliphatic rings. The Kier molecular flexibility index (Phi) is 5.11. The van der Waals surface area contributed by atoms with E-state index in [4.69, 9.17) is 5.73 Å². The summed E-state index contributed by atoms with van der Waals surface area (Å²) in [5.41, 5.74) is 3.96. The van der Waals surface area contributed by atoms with E-state index in [1.165, 1.54) is 0 Å². The van der Waals surface area contributed by atoms with Gasteiger partial charge in [-0.1, -0.05) is 6.92 Å². The zero-order chi connectivity index (χ0) is 14.5. The minimum Gasteiger partial charge on any atom is -0.368 e. The zero-order valence-corrected chi connectivity index (χ0v) is 10.3. The SMILES string of the molecule is CCNCCNc1nc(C(F)(F)F)ccc1C(N)=O. The van der Waals surface area contributed by atoms with Crippen molar-refractivity contribution in [2.45, 2.75) is 13.1 Å². The number of alkyl halides is 3. The molecule has 0 aromatic carbocycles. The number of pyridine rings is 1. The van der Waals surface area contributed by atoms with Gasteiger partial charge >= 0.3 is 6.18 Å². The number of nitrogens with one attached hydrogen (secondary N) is 2. The van der Waals surface area contributed by atoms with Crippen LogP contribution in [0, 0.1) is 0 Å². The van der Waals surface area contributed by atoms with Crippen molar-refractivity contribution < 1.29 is 18.0 Å². The van der Waals surface area contributed by atoms with Crippen LogP contribution in [0.25, 0.3) is 0 Å². The number of likely N-dealkylation sites (N-methyl/N-ethyl adjacent to an activating group) is 1. The van der Waals surface area contributed by atoms with Crippen LogP contribution in [0.15, 0.2) is 12.1 Å². The van der Waals surface area contributed by atoms with Crippen LogP contribution < -0.4 is 16.4 Å². The second-order valence-electron chi connectivity index (χ2n) is 3.73. The van der Waals surface area contributed by atoms with Crippen LogP contribution in [0.2, 0.25) is 0 Å². The van der Waals surface area contributed by atoms with E-state index in [1.807, 2.05) is 6.92 Å². The third kappa shape index (κ3) is 4.40. The summed E-state index contributed by atoms with van der Waals surface area (Å²) in [6.07, 6.45) is -4.56. The van der Waals surface area contributed by atoms with Gasteiger partial charge in [0.1, 0.15) is 11.5 Å². The lowest BCUT2D eigenvalue weighted by Crippen LogP contribution is -2.24. The van der Waals surface area contributed by atoms with Crippen LogP contribution in [-0.4, -0.2) is 30.5 Å². The van der Waals surface area contributed by atoms with Crippen LogP contribution in [0.1, 0.15) is 23.0 Å². The maximum Gasteiger partial charge on any atom is 0.433 e. The maximum absolute atomic E-state index is 12.5. The Balaban J connectivity index is 2.93. The highest BCUT2D eigenvalue weighted by atomic mass is 19.4. The summed E-state index contributed by atoms with van der Waals surface area (Å²) in [5.74, 6) is -0.979. The van der Waals surface area contributed by atoms with Gasteiger partial charge in [0, 0.05) is 13.1 Å². The highest BCUT2D eigenvalue weighted by Crippen LogP contribution is 2.29. The van der Waals surface area contributed by atoms with Crippen molar-refractivity contribution in [2.75, 3.05) is 25.0 Å². The minimum atomic E-state index is -4.56. The molecular formula is C11H15F3N4O. The summed E-state index contributed by atoms with van der Waals surface area (Å²) in [7, 11) is 0. The van der Waals surface area contributed by atoms with Crippen LogP contribution in [0.5, 0.6) is 0 Å². The van der Waals surface area contributed by atoms with Gasteiger partial charge in [-0.25, -0.2) is 4.98 Å². The monoisotopic (exact) mass is 276 g/mol. The summed E-state index contributed by atoms with van der Waals surface area (Å²) < 4.78 is 37.6. The average molecular weight is 276 g/mol. The van der Waals surface area contributed by atoms with Gasteiger partial charge < -0.3 is 16.4 Å². The lowest BCUT2D eigenvalue weighted by molar-refractivity contribution is -0.141. The third-order valence-electron chi connectivity index (χ3n) is 2.30. The van der Waals surface area contributed by atoms with E-state index in [9.17, 15) is 18.0 Å². The molecule has 0 saturated carbocycles. The number of rotatable bonds is 6. The molecule has 19 heavy (non-hydrogen) atoms. The smallest absolute Gasteiger partial charge is 0.368 e. The van der Waals surface area contributed by atoms with Gasteiger partial charge in [0.15, 0.2) is 0 Å². The van der Waals surface area contributed by atoms with Gasteiger partial charge in [-0.2, -0.15) is 13.2 Å².